The van der Waals surface area contributed by atoms with E-state index >= 15 is 0 Å². The lowest BCUT2D eigenvalue weighted by Gasteiger charge is -2.30. The van der Waals surface area contributed by atoms with Gasteiger partial charge in [0, 0.05) is 12.5 Å². The van der Waals surface area contributed by atoms with Crippen molar-refractivity contribution in [3.63, 3.8) is 0 Å². The average molecular weight is 651 g/mol. The van der Waals surface area contributed by atoms with Gasteiger partial charge in [-0.25, -0.2) is 14.8 Å². The first-order valence-corrected chi connectivity index (χ1v) is 16.9. The van der Waals surface area contributed by atoms with Crippen LogP contribution in [0.2, 0.25) is 0 Å². The molecule has 3 aliphatic rings. The number of H-pyrrole nitrogens is 2. The van der Waals surface area contributed by atoms with Gasteiger partial charge in [0.05, 0.1) is 42.9 Å². The van der Waals surface area contributed by atoms with E-state index in [0.717, 1.165) is 77.4 Å². The van der Waals surface area contributed by atoms with Gasteiger partial charge in [-0.3, -0.25) is 9.59 Å². The number of carboxylic acid groups (broad SMARTS) is 1. The second-order valence-electron chi connectivity index (χ2n) is 13.8. The molecule has 3 fully saturated rings. The molecule has 2 unspecified atom stereocenters. The molecule has 0 spiro atoms. The number of amides is 2. The van der Waals surface area contributed by atoms with E-state index in [9.17, 15) is 19.5 Å². The molecule has 0 radical (unpaired) electrons. The number of aromatic nitrogens is 4. The summed E-state index contributed by atoms with van der Waals surface area (Å²) in [5, 5.41) is 12.6. The van der Waals surface area contributed by atoms with Gasteiger partial charge in [0.2, 0.25) is 5.91 Å². The van der Waals surface area contributed by atoms with Gasteiger partial charge in [0.15, 0.2) is 0 Å². The van der Waals surface area contributed by atoms with E-state index in [4.69, 9.17) is 4.74 Å². The zero-order valence-electron chi connectivity index (χ0n) is 27.5. The summed E-state index contributed by atoms with van der Waals surface area (Å²) in [6, 6.07) is 15.7. The number of benzene rings is 2. The number of aromatic amines is 2. The van der Waals surface area contributed by atoms with E-state index in [2.05, 4.69) is 73.8 Å². The Morgan fingerprint density at radius 2 is 1.42 bits per heavy atom. The Morgan fingerprint density at radius 3 is 2.00 bits per heavy atom. The van der Waals surface area contributed by atoms with Crippen molar-refractivity contribution in [2.24, 2.45) is 23.7 Å². The van der Waals surface area contributed by atoms with Crippen molar-refractivity contribution in [1.29, 1.82) is 0 Å². The molecule has 4 aromatic rings. The van der Waals surface area contributed by atoms with E-state index in [1.807, 2.05) is 24.9 Å². The lowest BCUT2D eigenvalue weighted by molar-refractivity contribution is -0.144. The number of nitrogens with one attached hydrogen (secondary N) is 3. The lowest BCUT2D eigenvalue weighted by atomic mass is 9.79. The maximum Gasteiger partial charge on any atom is 0.407 e. The van der Waals surface area contributed by atoms with Crippen LogP contribution in [0.5, 0.6) is 0 Å². The van der Waals surface area contributed by atoms with E-state index in [1.165, 1.54) is 7.11 Å². The number of methoxy groups -OCH3 is 1. The Balaban J connectivity index is 1.02. The molecule has 6 atom stereocenters. The number of fused-ring (bicyclic) bond motifs is 2. The molecule has 11 heteroatoms. The molecule has 4 N–H and O–H groups in total. The monoisotopic (exact) mass is 650 g/mol. The zero-order chi connectivity index (χ0) is 33.5. The molecular weight excluding hydrogens is 608 g/mol. The van der Waals surface area contributed by atoms with Crippen molar-refractivity contribution < 1.29 is 24.2 Å². The van der Waals surface area contributed by atoms with Crippen LogP contribution in [-0.2, 0) is 14.3 Å². The molecule has 48 heavy (non-hydrogen) atoms. The van der Waals surface area contributed by atoms with Crippen LogP contribution in [0.3, 0.4) is 0 Å². The van der Waals surface area contributed by atoms with Crippen LogP contribution < -0.4 is 5.32 Å². The number of aliphatic carboxylic acids is 1. The molecule has 2 bridgehead atoms. The predicted molar refractivity (Wildman–Crippen MR) is 180 cm³/mol. The van der Waals surface area contributed by atoms with Crippen molar-refractivity contribution in [2.75, 3.05) is 13.7 Å². The van der Waals surface area contributed by atoms with Gasteiger partial charge in [-0.15, -0.1) is 0 Å². The second-order valence-corrected chi connectivity index (χ2v) is 13.8. The van der Waals surface area contributed by atoms with Crippen LogP contribution in [0.15, 0.2) is 60.9 Å². The highest BCUT2D eigenvalue weighted by molar-refractivity contribution is 5.86. The number of likely N-dealkylation sites (tertiary alicyclic amines) is 1. The van der Waals surface area contributed by atoms with Gasteiger partial charge in [-0.05, 0) is 72.1 Å². The lowest BCUT2D eigenvalue weighted by Crippen LogP contribution is -2.51. The minimum absolute atomic E-state index is 0.0362. The summed E-state index contributed by atoms with van der Waals surface area (Å²) in [6.45, 7) is 4.41. The van der Waals surface area contributed by atoms with Crippen molar-refractivity contribution in [3.05, 3.63) is 72.6 Å². The molecule has 7 rings (SSSR count). The first-order chi connectivity index (χ1) is 23.2. The fourth-order valence-electron chi connectivity index (χ4n) is 8.22. The Labute approximate surface area is 279 Å². The van der Waals surface area contributed by atoms with E-state index in [-0.39, 0.29) is 35.6 Å². The topological polar surface area (TPSA) is 153 Å². The van der Waals surface area contributed by atoms with Crippen molar-refractivity contribution >= 4 is 18.0 Å². The van der Waals surface area contributed by atoms with Crippen LogP contribution in [-0.4, -0.2) is 67.6 Å². The molecule has 2 aromatic carbocycles. The number of carboxylic acids is 1. The number of alkyl carbamates (subject to hydrolysis) is 1. The molecule has 2 saturated carbocycles. The van der Waals surface area contributed by atoms with E-state index in [1.54, 1.807) is 6.20 Å². The van der Waals surface area contributed by atoms with Gasteiger partial charge in [-0.2, -0.15) is 0 Å². The van der Waals surface area contributed by atoms with Gasteiger partial charge in [0.1, 0.15) is 17.7 Å². The van der Waals surface area contributed by atoms with Gasteiger partial charge < -0.3 is 30.0 Å². The SMILES string of the molecule is COC(=O)N[C@H](C(=O)N1CCC[C@H]1c1ncc(-c2ccc(-c3ccc(-c4cnc([C@H]5C6CCC(C6)[C@@H]5C(=O)O)[nH]4)cc3)cc2)[nH]1)C(C)C. The van der Waals surface area contributed by atoms with Gasteiger partial charge in [0.25, 0.3) is 0 Å². The number of ether oxygens (including phenoxy) is 1. The van der Waals surface area contributed by atoms with Crippen molar-refractivity contribution in [1.82, 2.24) is 30.2 Å². The molecule has 2 aromatic heterocycles. The van der Waals surface area contributed by atoms with E-state index < -0.39 is 18.1 Å². The number of hydrogen-bond acceptors (Lipinski definition) is 6. The highest BCUT2D eigenvalue weighted by Gasteiger charge is 2.52. The standard InChI is InChI=1S/C37H42N6O5/c1-20(2)32(42-37(47)48-3)35(44)43-16-4-5-29(43)33-38-18-27(40-33)23-10-6-21(7-11-23)22-8-12-24(13-9-22)28-19-39-34(41-28)30-25-14-15-26(17-25)31(30)36(45)46/h6-13,18-20,25-26,29-32H,4-5,14-17H2,1-3H3,(H,38,40)(H,39,41)(H,42,47)(H,45,46)/t25?,26?,29-,30-,31-,32-/m0/s1. The summed E-state index contributed by atoms with van der Waals surface area (Å²) >= 11 is 0. The number of carbonyl (C=O) groups is 3. The highest BCUT2D eigenvalue weighted by atomic mass is 16.5. The maximum atomic E-state index is 13.5. The minimum atomic E-state index is -0.702. The third kappa shape index (κ3) is 5.86. The van der Waals surface area contributed by atoms with Crippen LogP contribution in [0.1, 0.15) is 69.6 Å². The molecular formula is C37H42N6O5. The number of hydrogen-bond donors (Lipinski definition) is 4. The average Bonchev–Trinajstić information content (AvgIpc) is 3.94. The molecule has 3 heterocycles. The molecule has 11 nitrogen and oxygen atoms in total. The quantitative estimate of drug-likeness (QED) is 0.164. The van der Waals surface area contributed by atoms with Crippen molar-refractivity contribution in [2.45, 2.75) is 64.0 Å². The number of carbonyl (C=O) groups excluding carboxylic acids is 2. The first-order valence-electron chi connectivity index (χ1n) is 16.9. The van der Waals surface area contributed by atoms with Gasteiger partial charge >= 0.3 is 12.1 Å². The second kappa shape index (κ2) is 12.9. The summed E-state index contributed by atoms with van der Waals surface area (Å²) in [4.78, 5) is 55.4. The number of rotatable bonds is 9. The van der Waals surface area contributed by atoms with Crippen LogP contribution >= 0.6 is 0 Å². The summed E-state index contributed by atoms with van der Waals surface area (Å²) in [5.41, 5.74) is 5.92. The van der Waals surface area contributed by atoms with E-state index in [0.29, 0.717) is 12.5 Å². The maximum absolute atomic E-state index is 13.5. The third-order valence-corrected chi connectivity index (χ3v) is 10.7. The summed E-state index contributed by atoms with van der Waals surface area (Å²) < 4.78 is 4.74. The number of imidazole rings is 2. The molecule has 2 aliphatic carbocycles. The summed E-state index contributed by atoms with van der Waals surface area (Å²) in [5.74, 6) is 0.886. The summed E-state index contributed by atoms with van der Waals surface area (Å²) in [6.07, 6.45) is 7.75. The largest absolute Gasteiger partial charge is 0.481 e. The van der Waals surface area contributed by atoms with Crippen LogP contribution in [0.25, 0.3) is 33.6 Å². The molecule has 1 aliphatic heterocycles. The Kier molecular flexibility index (Phi) is 8.53. The first kappa shape index (κ1) is 31.7. The third-order valence-electron chi connectivity index (χ3n) is 10.7. The van der Waals surface area contributed by atoms with Crippen LogP contribution in [0.4, 0.5) is 4.79 Å². The smallest absolute Gasteiger partial charge is 0.407 e. The minimum Gasteiger partial charge on any atom is -0.481 e. The van der Waals surface area contributed by atoms with Crippen LogP contribution in [0, 0.1) is 23.7 Å². The predicted octanol–water partition coefficient (Wildman–Crippen LogP) is 6.39. The zero-order valence-corrected chi connectivity index (χ0v) is 27.5. The fraction of sp³-hybridized carbons (Fsp3) is 0.432. The van der Waals surface area contributed by atoms with Crippen molar-refractivity contribution in [3.8, 4) is 33.6 Å². The molecule has 2 amide bonds. The normalized spacial score (nSPS) is 23.8. The molecule has 250 valence electrons. The summed E-state index contributed by atoms with van der Waals surface area (Å²) in [7, 11) is 1.29. The Hall–Kier alpha value is -4.93. The fourth-order valence-corrected chi connectivity index (χ4v) is 8.22. The van der Waals surface area contributed by atoms with Gasteiger partial charge in [-0.1, -0.05) is 62.4 Å². The highest BCUT2D eigenvalue weighted by Crippen LogP contribution is 2.56. The molecule has 1 saturated heterocycles. The Bertz CT molecular complexity index is 1790. The number of nitrogens with zero attached hydrogens (tertiary/aromatic N) is 3. The Morgan fingerprint density at radius 1 is 0.854 bits per heavy atom.